The molecular weight excluding hydrogens is 305 g/mol. The fourth-order valence-corrected chi connectivity index (χ4v) is 2.52. The highest BCUT2D eigenvalue weighted by Gasteiger charge is 2.31. The van der Waals surface area contributed by atoms with Gasteiger partial charge in [0.25, 0.3) is 0 Å². The summed E-state index contributed by atoms with van der Waals surface area (Å²) in [6, 6.07) is 13.0. The Hall–Kier alpha value is -2.34. The number of fused-ring (bicyclic) bond motifs is 1. The Labute approximate surface area is 131 Å². The zero-order chi connectivity index (χ0) is 16.4. The molecule has 0 aliphatic carbocycles. The Bertz CT molecular complexity index is 810. The van der Waals surface area contributed by atoms with Crippen LogP contribution in [0.15, 0.2) is 48.5 Å². The molecule has 3 nitrogen and oxygen atoms in total. The maximum atomic E-state index is 12.9. The SMILES string of the molecule is COCCn1c(-c2ccccc2)nc2cc(C(F)(F)F)ccc21. The number of ether oxygens (including phenoxy) is 1. The van der Waals surface area contributed by atoms with Gasteiger partial charge in [0.15, 0.2) is 0 Å². The first kappa shape index (κ1) is 15.6. The van der Waals surface area contributed by atoms with Crippen molar-refractivity contribution < 1.29 is 17.9 Å². The van der Waals surface area contributed by atoms with Crippen LogP contribution in [-0.2, 0) is 17.5 Å². The molecule has 0 saturated heterocycles. The average molecular weight is 320 g/mol. The molecule has 120 valence electrons. The van der Waals surface area contributed by atoms with Crippen LogP contribution in [0.3, 0.4) is 0 Å². The van der Waals surface area contributed by atoms with Gasteiger partial charge in [-0.15, -0.1) is 0 Å². The molecule has 3 aromatic rings. The number of methoxy groups -OCH3 is 1. The number of aromatic nitrogens is 2. The molecule has 0 unspecified atom stereocenters. The average Bonchev–Trinajstić information content (AvgIpc) is 2.90. The molecule has 0 bridgehead atoms. The van der Waals surface area contributed by atoms with E-state index in [0.717, 1.165) is 17.7 Å². The second kappa shape index (κ2) is 6.04. The summed E-state index contributed by atoms with van der Waals surface area (Å²) < 4.78 is 45.7. The minimum Gasteiger partial charge on any atom is -0.383 e. The predicted molar refractivity (Wildman–Crippen MR) is 82.0 cm³/mol. The Kier molecular flexibility index (Phi) is 4.09. The molecular formula is C17H15F3N2O. The van der Waals surface area contributed by atoms with Gasteiger partial charge in [0.1, 0.15) is 5.82 Å². The number of benzene rings is 2. The Morgan fingerprint density at radius 1 is 1.09 bits per heavy atom. The van der Waals surface area contributed by atoms with Gasteiger partial charge in [0.05, 0.1) is 23.2 Å². The molecule has 2 aromatic carbocycles. The summed E-state index contributed by atoms with van der Waals surface area (Å²) >= 11 is 0. The van der Waals surface area contributed by atoms with Gasteiger partial charge in [-0.05, 0) is 18.2 Å². The lowest BCUT2D eigenvalue weighted by Gasteiger charge is -2.09. The van der Waals surface area contributed by atoms with Crippen LogP contribution in [0, 0.1) is 0 Å². The second-order valence-electron chi connectivity index (χ2n) is 5.15. The Morgan fingerprint density at radius 2 is 1.83 bits per heavy atom. The molecule has 0 aliphatic heterocycles. The number of rotatable bonds is 4. The van der Waals surface area contributed by atoms with Gasteiger partial charge >= 0.3 is 6.18 Å². The van der Waals surface area contributed by atoms with E-state index in [1.54, 1.807) is 7.11 Å². The lowest BCUT2D eigenvalue weighted by atomic mass is 10.2. The largest absolute Gasteiger partial charge is 0.416 e. The summed E-state index contributed by atoms with van der Waals surface area (Å²) in [5.41, 5.74) is 1.15. The first-order valence-corrected chi connectivity index (χ1v) is 7.12. The van der Waals surface area contributed by atoms with Crippen molar-refractivity contribution in [3.63, 3.8) is 0 Å². The van der Waals surface area contributed by atoms with Crippen molar-refractivity contribution in [3.05, 3.63) is 54.1 Å². The van der Waals surface area contributed by atoms with Gasteiger partial charge in [-0.3, -0.25) is 0 Å². The lowest BCUT2D eigenvalue weighted by molar-refractivity contribution is -0.137. The van der Waals surface area contributed by atoms with E-state index in [9.17, 15) is 13.2 Å². The van der Waals surface area contributed by atoms with Crippen LogP contribution in [0.2, 0.25) is 0 Å². The summed E-state index contributed by atoms with van der Waals surface area (Å²) in [5, 5.41) is 0. The molecule has 0 atom stereocenters. The van der Waals surface area contributed by atoms with E-state index in [4.69, 9.17) is 4.74 Å². The van der Waals surface area contributed by atoms with Crippen LogP contribution in [0.25, 0.3) is 22.4 Å². The molecule has 1 aromatic heterocycles. The van der Waals surface area contributed by atoms with Crippen LogP contribution in [0.5, 0.6) is 0 Å². The molecule has 0 fully saturated rings. The summed E-state index contributed by atoms with van der Waals surface area (Å²) in [6.07, 6.45) is -4.38. The van der Waals surface area contributed by atoms with Crippen molar-refractivity contribution in [2.75, 3.05) is 13.7 Å². The monoisotopic (exact) mass is 320 g/mol. The van der Waals surface area contributed by atoms with E-state index in [0.29, 0.717) is 30.0 Å². The topological polar surface area (TPSA) is 27.1 Å². The van der Waals surface area contributed by atoms with Crippen LogP contribution in [-0.4, -0.2) is 23.3 Å². The number of hydrogen-bond donors (Lipinski definition) is 0. The van der Waals surface area contributed by atoms with E-state index in [1.165, 1.54) is 6.07 Å². The predicted octanol–water partition coefficient (Wildman–Crippen LogP) is 4.37. The fourth-order valence-electron chi connectivity index (χ4n) is 2.52. The van der Waals surface area contributed by atoms with Gasteiger partial charge in [0.2, 0.25) is 0 Å². The highest BCUT2D eigenvalue weighted by atomic mass is 19.4. The summed E-state index contributed by atoms with van der Waals surface area (Å²) in [6.45, 7) is 0.967. The van der Waals surface area contributed by atoms with Crippen LogP contribution in [0.4, 0.5) is 13.2 Å². The van der Waals surface area contributed by atoms with Crippen molar-refractivity contribution in [1.29, 1.82) is 0 Å². The van der Waals surface area contributed by atoms with Gasteiger partial charge in [-0.2, -0.15) is 13.2 Å². The lowest BCUT2D eigenvalue weighted by Crippen LogP contribution is -2.06. The molecule has 0 N–H and O–H groups in total. The minimum absolute atomic E-state index is 0.329. The van der Waals surface area contributed by atoms with E-state index >= 15 is 0 Å². The van der Waals surface area contributed by atoms with Gasteiger partial charge in [-0.1, -0.05) is 30.3 Å². The van der Waals surface area contributed by atoms with Crippen molar-refractivity contribution in [1.82, 2.24) is 9.55 Å². The second-order valence-corrected chi connectivity index (χ2v) is 5.15. The fraction of sp³-hybridized carbons (Fsp3) is 0.235. The number of nitrogens with zero attached hydrogens (tertiary/aromatic N) is 2. The molecule has 0 saturated carbocycles. The molecule has 6 heteroatoms. The van der Waals surface area contributed by atoms with Gasteiger partial charge < -0.3 is 9.30 Å². The van der Waals surface area contributed by atoms with Gasteiger partial charge in [0, 0.05) is 19.2 Å². The van der Waals surface area contributed by atoms with Crippen molar-refractivity contribution in [3.8, 4) is 11.4 Å². The van der Waals surface area contributed by atoms with Crippen LogP contribution < -0.4 is 0 Å². The summed E-state index contributed by atoms with van der Waals surface area (Å²) in [5.74, 6) is 0.636. The number of alkyl halides is 3. The first-order valence-electron chi connectivity index (χ1n) is 7.12. The third-order valence-corrected chi connectivity index (χ3v) is 3.63. The zero-order valence-electron chi connectivity index (χ0n) is 12.5. The normalized spacial score (nSPS) is 12.0. The molecule has 1 heterocycles. The summed E-state index contributed by atoms with van der Waals surface area (Å²) in [7, 11) is 1.59. The molecule has 23 heavy (non-hydrogen) atoms. The third kappa shape index (κ3) is 3.07. The van der Waals surface area contributed by atoms with Crippen molar-refractivity contribution in [2.24, 2.45) is 0 Å². The smallest absolute Gasteiger partial charge is 0.383 e. The maximum Gasteiger partial charge on any atom is 0.416 e. The van der Waals surface area contributed by atoms with Crippen molar-refractivity contribution >= 4 is 11.0 Å². The molecule has 0 amide bonds. The Morgan fingerprint density at radius 3 is 2.48 bits per heavy atom. The van der Waals surface area contributed by atoms with Crippen LogP contribution >= 0.6 is 0 Å². The highest BCUT2D eigenvalue weighted by Crippen LogP contribution is 2.33. The molecule has 0 aliphatic rings. The molecule has 3 rings (SSSR count). The third-order valence-electron chi connectivity index (χ3n) is 3.63. The van der Waals surface area contributed by atoms with E-state index in [1.807, 2.05) is 34.9 Å². The number of hydrogen-bond acceptors (Lipinski definition) is 2. The van der Waals surface area contributed by atoms with Crippen LogP contribution in [0.1, 0.15) is 5.56 Å². The number of imidazole rings is 1. The maximum absolute atomic E-state index is 12.9. The van der Waals surface area contributed by atoms with E-state index in [2.05, 4.69) is 4.98 Å². The minimum atomic E-state index is -4.38. The zero-order valence-corrected chi connectivity index (χ0v) is 12.5. The summed E-state index contributed by atoms with van der Waals surface area (Å²) in [4.78, 5) is 4.42. The highest BCUT2D eigenvalue weighted by molar-refractivity contribution is 5.81. The standard InChI is InChI=1S/C17H15F3N2O/c1-23-10-9-22-15-8-7-13(17(18,19)20)11-14(15)21-16(22)12-5-3-2-4-6-12/h2-8,11H,9-10H2,1H3. The first-order chi connectivity index (χ1) is 11.0. The van der Waals surface area contributed by atoms with E-state index in [-0.39, 0.29) is 0 Å². The quantitative estimate of drug-likeness (QED) is 0.714. The Balaban J connectivity index is 2.18. The molecule has 0 spiro atoms. The van der Waals surface area contributed by atoms with Gasteiger partial charge in [-0.25, -0.2) is 4.98 Å². The van der Waals surface area contributed by atoms with E-state index < -0.39 is 11.7 Å². The molecule has 0 radical (unpaired) electrons. The number of halogens is 3. The van der Waals surface area contributed by atoms with Crippen molar-refractivity contribution in [2.45, 2.75) is 12.7 Å².